The molecular formula is C91H178O17P2. The fourth-order valence-corrected chi connectivity index (χ4v) is 15.9. The van der Waals surface area contributed by atoms with E-state index in [1.165, 1.54) is 308 Å². The quantitative estimate of drug-likeness (QED) is 0.0222. The highest BCUT2D eigenvalue weighted by atomic mass is 31.2. The van der Waals surface area contributed by atoms with E-state index in [1.54, 1.807) is 0 Å². The van der Waals surface area contributed by atoms with Crippen LogP contribution in [0.25, 0.3) is 0 Å². The van der Waals surface area contributed by atoms with Crippen molar-refractivity contribution in [2.75, 3.05) is 39.6 Å². The first-order valence-electron chi connectivity index (χ1n) is 47.0. The molecule has 17 nitrogen and oxygen atoms in total. The normalized spacial score (nSPS) is 14.0. The molecule has 19 heteroatoms. The van der Waals surface area contributed by atoms with Gasteiger partial charge in [-0.15, -0.1) is 0 Å². The Balaban J connectivity index is 5.25. The zero-order valence-corrected chi connectivity index (χ0v) is 74.4. The van der Waals surface area contributed by atoms with Crippen LogP contribution < -0.4 is 0 Å². The van der Waals surface area contributed by atoms with Crippen LogP contribution in [-0.4, -0.2) is 96.7 Å². The lowest BCUT2D eigenvalue weighted by Crippen LogP contribution is -2.30. The van der Waals surface area contributed by atoms with E-state index in [2.05, 4.69) is 41.5 Å². The van der Waals surface area contributed by atoms with Crippen molar-refractivity contribution >= 4 is 39.5 Å². The van der Waals surface area contributed by atoms with Crippen molar-refractivity contribution in [1.82, 2.24) is 0 Å². The van der Waals surface area contributed by atoms with Crippen LogP contribution in [0.2, 0.25) is 0 Å². The van der Waals surface area contributed by atoms with Crippen molar-refractivity contribution in [3.63, 3.8) is 0 Å². The molecule has 0 aliphatic heterocycles. The lowest BCUT2D eigenvalue weighted by Gasteiger charge is -2.21. The maximum atomic E-state index is 13.2. The SMILES string of the molecule is CCCCCCCCCCCCCCCCCCC(=O)O[C@H](COC(=O)CCCCCCCCCCCCCCC)COP(=O)(O)OC[C@H](O)COP(=O)(O)OC[C@@H](COC(=O)CCCCCCCCCCCCCCCCCCC(C)C)OC(=O)CCCCCCCCCCCCCCCCCCCCC(C)CC. The molecule has 0 bridgehead atoms. The van der Waals surface area contributed by atoms with Crippen LogP contribution in [0, 0.1) is 11.8 Å². The van der Waals surface area contributed by atoms with E-state index in [0.29, 0.717) is 25.7 Å². The average molecular weight is 1610 g/mol. The average Bonchev–Trinajstić information content (AvgIpc) is 0.898. The summed E-state index contributed by atoms with van der Waals surface area (Å²) in [4.78, 5) is 73.4. The second-order valence-electron chi connectivity index (χ2n) is 33.4. The second-order valence-corrected chi connectivity index (χ2v) is 36.3. The minimum Gasteiger partial charge on any atom is -0.462 e. The zero-order valence-electron chi connectivity index (χ0n) is 72.6. The number of phosphoric acid groups is 2. The van der Waals surface area contributed by atoms with E-state index in [4.69, 9.17) is 37.0 Å². The number of carbonyl (C=O) groups is 4. The summed E-state index contributed by atoms with van der Waals surface area (Å²) in [7, 11) is -9.94. The Bertz CT molecular complexity index is 2100. The van der Waals surface area contributed by atoms with Gasteiger partial charge in [-0.25, -0.2) is 9.13 Å². The highest BCUT2D eigenvalue weighted by molar-refractivity contribution is 7.47. The molecule has 0 radical (unpaired) electrons. The molecule has 6 atom stereocenters. The molecule has 110 heavy (non-hydrogen) atoms. The van der Waals surface area contributed by atoms with Crippen LogP contribution >= 0.6 is 15.6 Å². The third-order valence-corrected chi connectivity index (χ3v) is 23.7. The molecule has 3 unspecified atom stereocenters. The smallest absolute Gasteiger partial charge is 0.462 e. The third kappa shape index (κ3) is 82.6. The number of aliphatic hydroxyl groups is 1. The van der Waals surface area contributed by atoms with Crippen LogP contribution in [0.15, 0.2) is 0 Å². The Morgan fingerprint density at radius 3 is 0.691 bits per heavy atom. The minimum absolute atomic E-state index is 0.109. The molecule has 0 aromatic rings. The van der Waals surface area contributed by atoms with Gasteiger partial charge >= 0.3 is 39.5 Å². The van der Waals surface area contributed by atoms with E-state index in [1.807, 2.05) is 0 Å². The monoisotopic (exact) mass is 1610 g/mol. The van der Waals surface area contributed by atoms with Crippen LogP contribution in [0.5, 0.6) is 0 Å². The zero-order chi connectivity index (χ0) is 80.6. The standard InChI is InChI=1S/C91H178O17P2/c1-7-10-12-14-16-18-20-22-23-32-39-45-51-57-63-69-75-90(95)107-86(79-101-88(93)73-67-61-55-49-43-35-21-19-17-15-13-11-8-2)81-105-109(97,98)103-77-85(92)78-104-110(99,100)106-82-87(80-102-89(94)74-68-62-56-50-44-38-33-29-28-30-36-41-47-53-59-65-71-83(4)5)108-91(96)76-70-64-58-52-46-40-34-27-25-24-26-31-37-42-48-54-60-66-72-84(6)9-3/h83-87,92H,7-82H2,1-6H3,(H,97,98)(H,99,100)/t84?,85-,86+,87+/m0/s1. The van der Waals surface area contributed by atoms with Crippen LogP contribution in [0.1, 0.15) is 491 Å². The summed E-state index contributed by atoms with van der Waals surface area (Å²) >= 11 is 0. The summed E-state index contributed by atoms with van der Waals surface area (Å²) < 4.78 is 69.1. The number of carbonyl (C=O) groups excluding carboxylic acids is 4. The predicted octanol–water partition coefficient (Wildman–Crippen LogP) is 28.2. The summed E-state index contributed by atoms with van der Waals surface area (Å²) in [6, 6.07) is 0. The largest absolute Gasteiger partial charge is 0.472 e. The Kier molecular flexibility index (Phi) is 80.7. The first-order chi connectivity index (χ1) is 53.4. The Morgan fingerprint density at radius 1 is 0.264 bits per heavy atom. The fraction of sp³-hybridized carbons (Fsp3) is 0.956. The van der Waals surface area contributed by atoms with E-state index in [9.17, 15) is 43.2 Å². The first-order valence-corrected chi connectivity index (χ1v) is 50.0. The van der Waals surface area contributed by atoms with Gasteiger partial charge in [0, 0.05) is 25.7 Å². The van der Waals surface area contributed by atoms with E-state index in [0.717, 1.165) is 102 Å². The molecule has 0 amide bonds. The van der Waals surface area contributed by atoms with Crippen molar-refractivity contribution in [3.8, 4) is 0 Å². The van der Waals surface area contributed by atoms with Gasteiger partial charge in [-0.05, 0) is 37.5 Å². The summed E-state index contributed by atoms with van der Waals surface area (Å²) in [6.45, 7) is 9.81. The third-order valence-electron chi connectivity index (χ3n) is 21.8. The Morgan fingerprint density at radius 2 is 0.464 bits per heavy atom. The topological polar surface area (TPSA) is 237 Å². The molecule has 0 saturated carbocycles. The summed E-state index contributed by atoms with van der Waals surface area (Å²) in [5, 5.41) is 10.7. The van der Waals surface area contributed by atoms with Gasteiger partial charge in [0.2, 0.25) is 0 Å². The van der Waals surface area contributed by atoms with E-state index in [-0.39, 0.29) is 25.7 Å². The van der Waals surface area contributed by atoms with Crippen LogP contribution in [0.3, 0.4) is 0 Å². The number of hydrogen-bond acceptors (Lipinski definition) is 15. The van der Waals surface area contributed by atoms with Gasteiger partial charge in [0.25, 0.3) is 0 Å². The lowest BCUT2D eigenvalue weighted by molar-refractivity contribution is -0.161. The molecule has 0 aromatic carbocycles. The highest BCUT2D eigenvalue weighted by Gasteiger charge is 2.31. The summed E-state index contributed by atoms with van der Waals surface area (Å²) in [5.41, 5.74) is 0. The molecule has 0 rings (SSSR count). The van der Waals surface area contributed by atoms with Gasteiger partial charge in [0.15, 0.2) is 12.2 Å². The number of unbranched alkanes of at least 4 members (excludes halogenated alkanes) is 59. The number of phosphoric ester groups is 2. The minimum atomic E-state index is -4.97. The summed E-state index contributed by atoms with van der Waals surface area (Å²) in [5.74, 6) is -0.409. The van der Waals surface area contributed by atoms with Crippen LogP contribution in [-0.2, 0) is 65.4 Å². The van der Waals surface area contributed by atoms with Gasteiger partial charge in [0.1, 0.15) is 19.3 Å². The van der Waals surface area contributed by atoms with Crippen molar-refractivity contribution in [2.24, 2.45) is 11.8 Å². The number of ether oxygens (including phenoxy) is 4. The van der Waals surface area contributed by atoms with Crippen molar-refractivity contribution in [1.29, 1.82) is 0 Å². The maximum Gasteiger partial charge on any atom is 0.472 e. The molecule has 0 saturated heterocycles. The molecule has 0 aliphatic carbocycles. The molecule has 0 spiro atoms. The van der Waals surface area contributed by atoms with E-state index >= 15 is 0 Å². The second kappa shape index (κ2) is 82.2. The number of rotatable bonds is 90. The molecular weight excluding hydrogens is 1430 g/mol. The Labute approximate surface area is 677 Å². The molecule has 0 aromatic heterocycles. The van der Waals surface area contributed by atoms with Crippen molar-refractivity contribution < 1.29 is 80.2 Å². The number of esters is 4. The fourth-order valence-electron chi connectivity index (χ4n) is 14.3. The van der Waals surface area contributed by atoms with Gasteiger partial charge in [-0.2, -0.15) is 0 Å². The van der Waals surface area contributed by atoms with Crippen molar-refractivity contribution in [2.45, 2.75) is 509 Å². The van der Waals surface area contributed by atoms with Gasteiger partial charge < -0.3 is 33.8 Å². The molecule has 3 N–H and O–H groups in total. The van der Waals surface area contributed by atoms with E-state index < -0.39 is 97.5 Å². The Hall–Kier alpha value is -1.94. The number of hydrogen-bond donors (Lipinski definition) is 3. The maximum absolute atomic E-state index is 13.2. The van der Waals surface area contributed by atoms with Gasteiger partial charge in [-0.3, -0.25) is 37.3 Å². The molecule has 0 aliphatic rings. The lowest BCUT2D eigenvalue weighted by atomic mass is 9.99. The highest BCUT2D eigenvalue weighted by Crippen LogP contribution is 2.45. The molecule has 0 heterocycles. The predicted molar refractivity (Wildman–Crippen MR) is 455 cm³/mol. The van der Waals surface area contributed by atoms with Crippen molar-refractivity contribution in [3.05, 3.63) is 0 Å². The molecule has 0 fully saturated rings. The molecule has 654 valence electrons. The number of aliphatic hydroxyl groups excluding tert-OH is 1. The first kappa shape index (κ1) is 108. The van der Waals surface area contributed by atoms with Gasteiger partial charge in [0.05, 0.1) is 26.4 Å². The van der Waals surface area contributed by atoms with Crippen LogP contribution in [0.4, 0.5) is 0 Å². The van der Waals surface area contributed by atoms with Gasteiger partial charge in [-0.1, -0.05) is 440 Å². The summed E-state index contributed by atoms with van der Waals surface area (Å²) in [6.07, 6.45) is 76.2.